The van der Waals surface area contributed by atoms with E-state index < -0.39 is 10.0 Å². The summed E-state index contributed by atoms with van der Waals surface area (Å²) < 4.78 is 26.7. The number of nitrogens with zero attached hydrogens (tertiary/aromatic N) is 2. The number of rotatable bonds is 4. The molecule has 0 saturated carbocycles. The zero-order valence-corrected chi connectivity index (χ0v) is 9.37. The summed E-state index contributed by atoms with van der Waals surface area (Å²) in [4.78, 5) is 4.01. The van der Waals surface area contributed by atoms with E-state index in [2.05, 4.69) is 9.71 Å². The number of hydrogen-bond acceptors (Lipinski definition) is 3. The van der Waals surface area contributed by atoms with Gasteiger partial charge in [-0.15, -0.1) is 0 Å². The van der Waals surface area contributed by atoms with Crippen LogP contribution in [0.5, 0.6) is 0 Å². The molecule has 14 heavy (non-hydrogen) atoms. The van der Waals surface area contributed by atoms with Gasteiger partial charge in [-0.2, -0.15) is 0 Å². The quantitative estimate of drug-likeness (QED) is 0.799. The highest BCUT2D eigenvalue weighted by Crippen LogP contribution is 2.09. The van der Waals surface area contributed by atoms with Gasteiger partial charge in [0.15, 0.2) is 0 Å². The van der Waals surface area contributed by atoms with E-state index in [1.54, 1.807) is 12.4 Å². The molecule has 0 bridgehead atoms. The number of imidazole rings is 1. The molecule has 0 aromatic carbocycles. The third kappa shape index (κ3) is 2.55. The first-order valence-electron chi connectivity index (χ1n) is 4.39. The molecular formula is C8H15N3O2S. The van der Waals surface area contributed by atoms with Gasteiger partial charge in [0.1, 0.15) is 11.6 Å². The molecule has 1 aromatic heterocycles. The SMILES string of the molecule is CNS(=O)(=O)Cc1nccn1C(C)C. The number of aromatic nitrogens is 2. The Morgan fingerprint density at radius 2 is 2.21 bits per heavy atom. The Hall–Kier alpha value is -0.880. The topological polar surface area (TPSA) is 64.0 Å². The largest absolute Gasteiger partial charge is 0.332 e. The van der Waals surface area contributed by atoms with Crippen molar-refractivity contribution in [2.24, 2.45) is 0 Å². The lowest BCUT2D eigenvalue weighted by molar-refractivity contribution is 0.562. The third-order valence-corrected chi connectivity index (χ3v) is 3.20. The lowest BCUT2D eigenvalue weighted by atomic mass is 10.4. The predicted molar refractivity (Wildman–Crippen MR) is 54.3 cm³/mol. The molecule has 0 amide bonds. The maximum absolute atomic E-state index is 11.3. The van der Waals surface area contributed by atoms with Crippen molar-refractivity contribution in [1.82, 2.24) is 14.3 Å². The smallest absolute Gasteiger partial charge is 0.218 e. The van der Waals surface area contributed by atoms with E-state index in [0.717, 1.165) is 0 Å². The van der Waals surface area contributed by atoms with Crippen LogP contribution in [0.2, 0.25) is 0 Å². The average molecular weight is 217 g/mol. The van der Waals surface area contributed by atoms with E-state index in [9.17, 15) is 8.42 Å². The molecule has 1 aromatic rings. The molecule has 0 spiro atoms. The van der Waals surface area contributed by atoms with E-state index in [1.807, 2.05) is 18.4 Å². The first-order valence-corrected chi connectivity index (χ1v) is 6.04. The number of nitrogens with one attached hydrogen (secondary N) is 1. The molecule has 1 heterocycles. The molecule has 0 aliphatic heterocycles. The molecule has 0 radical (unpaired) electrons. The summed E-state index contributed by atoms with van der Waals surface area (Å²) in [6.45, 7) is 3.97. The molecule has 0 unspecified atom stereocenters. The second-order valence-corrected chi connectivity index (χ2v) is 5.23. The van der Waals surface area contributed by atoms with Gasteiger partial charge in [0.2, 0.25) is 10.0 Å². The van der Waals surface area contributed by atoms with Crippen molar-refractivity contribution in [1.29, 1.82) is 0 Å². The summed E-state index contributed by atoms with van der Waals surface area (Å²) in [5.74, 6) is 0.489. The molecule has 0 aliphatic rings. The van der Waals surface area contributed by atoms with Crippen LogP contribution < -0.4 is 4.72 Å². The first-order chi connectivity index (χ1) is 6.46. The Morgan fingerprint density at radius 3 is 2.71 bits per heavy atom. The highest BCUT2D eigenvalue weighted by atomic mass is 32.2. The Labute approximate surface area is 84.2 Å². The summed E-state index contributed by atoms with van der Waals surface area (Å²) in [7, 11) is -1.83. The van der Waals surface area contributed by atoms with Gasteiger partial charge in [0.25, 0.3) is 0 Å². The third-order valence-electron chi connectivity index (χ3n) is 1.94. The van der Waals surface area contributed by atoms with Gasteiger partial charge in [-0.25, -0.2) is 18.1 Å². The van der Waals surface area contributed by atoms with Crippen LogP contribution in [0.25, 0.3) is 0 Å². The van der Waals surface area contributed by atoms with Crippen LogP contribution in [0.4, 0.5) is 0 Å². The van der Waals surface area contributed by atoms with Crippen LogP contribution in [0.1, 0.15) is 25.7 Å². The van der Waals surface area contributed by atoms with Crippen molar-refractivity contribution in [2.45, 2.75) is 25.6 Å². The Balaban J connectivity index is 2.93. The van der Waals surface area contributed by atoms with Crippen LogP contribution in [0.15, 0.2) is 12.4 Å². The average Bonchev–Trinajstić information content (AvgIpc) is 2.51. The van der Waals surface area contributed by atoms with Crippen LogP contribution in [-0.2, 0) is 15.8 Å². The highest BCUT2D eigenvalue weighted by Gasteiger charge is 2.14. The zero-order chi connectivity index (χ0) is 10.8. The molecule has 80 valence electrons. The summed E-state index contributed by atoms with van der Waals surface area (Å²) in [6, 6.07) is 0.222. The fraction of sp³-hybridized carbons (Fsp3) is 0.625. The van der Waals surface area contributed by atoms with Gasteiger partial charge in [-0.05, 0) is 20.9 Å². The Morgan fingerprint density at radius 1 is 1.57 bits per heavy atom. The van der Waals surface area contributed by atoms with Crippen LogP contribution in [0.3, 0.4) is 0 Å². The summed E-state index contributed by atoms with van der Waals surface area (Å²) >= 11 is 0. The Kier molecular flexibility index (Phi) is 3.28. The molecule has 5 nitrogen and oxygen atoms in total. The lowest BCUT2D eigenvalue weighted by Crippen LogP contribution is -2.22. The summed E-state index contributed by atoms with van der Waals surface area (Å²) in [5, 5.41) is 0. The minimum atomic E-state index is -3.23. The second kappa shape index (κ2) is 4.10. The van der Waals surface area contributed by atoms with Crippen molar-refractivity contribution < 1.29 is 8.42 Å². The monoisotopic (exact) mass is 217 g/mol. The highest BCUT2D eigenvalue weighted by molar-refractivity contribution is 7.88. The first kappa shape index (κ1) is 11.2. The lowest BCUT2D eigenvalue weighted by Gasteiger charge is -2.10. The molecule has 6 heteroatoms. The summed E-state index contributed by atoms with van der Waals surface area (Å²) in [6.07, 6.45) is 3.39. The van der Waals surface area contributed by atoms with Gasteiger partial charge in [0, 0.05) is 18.4 Å². The summed E-state index contributed by atoms with van der Waals surface area (Å²) in [5.41, 5.74) is 0. The van der Waals surface area contributed by atoms with Gasteiger partial charge >= 0.3 is 0 Å². The van der Waals surface area contributed by atoms with Gasteiger partial charge in [-0.1, -0.05) is 0 Å². The molecule has 1 rings (SSSR count). The van der Waals surface area contributed by atoms with E-state index in [1.165, 1.54) is 7.05 Å². The van der Waals surface area contributed by atoms with Crippen LogP contribution >= 0.6 is 0 Å². The second-order valence-electron chi connectivity index (χ2n) is 3.31. The fourth-order valence-corrected chi connectivity index (χ4v) is 1.88. The van der Waals surface area contributed by atoms with Crippen molar-refractivity contribution in [2.75, 3.05) is 7.05 Å². The van der Waals surface area contributed by atoms with E-state index in [0.29, 0.717) is 5.82 Å². The molecule has 0 atom stereocenters. The van der Waals surface area contributed by atoms with Crippen molar-refractivity contribution >= 4 is 10.0 Å². The minimum Gasteiger partial charge on any atom is -0.332 e. The Bertz CT molecular complexity index is 394. The molecule has 1 N–H and O–H groups in total. The van der Waals surface area contributed by atoms with E-state index in [4.69, 9.17) is 0 Å². The van der Waals surface area contributed by atoms with Crippen molar-refractivity contribution in [3.63, 3.8) is 0 Å². The molecule has 0 aliphatic carbocycles. The maximum atomic E-state index is 11.3. The van der Waals surface area contributed by atoms with Crippen LogP contribution in [-0.4, -0.2) is 25.0 Å². The molecular weight excluding hydrogens is 202 g/mol. The van der Waals surface area contributed by atoms with Crippen LogP contribution in [0, 0.1) is 0 Å². The van der Waals surface area contributed by atoms with Gasteiger partial charge in [0.05, 0.1) is 0 Å². The fourth-order valence-electron chi connectivity index (χ4n) is 1.17. The zero-order valence-electron chi connectivity index (χ0n) is 8.56. The van der Waals surface area contributed by atoms with Gasteiger partial charge in [-0.3, -0.25) is 0 Å². The molecule has 0 fully saturated rings. The van der Waals surface area contributed by atoms with Crippen molar-refractivity contribution in [3.8, 4) is 0 Å². The van der Waals surface area contributed by atoms with Crippen molar-refractivity contribution in [3.05, 3.63) is 18.2 Å². The van der Waals surface area contributed by atoms with E-state index in [-0.39, 0.29) is 11.8 Å². The van der Waals surface area contributed by atoms with Gasteiger partial charge < -0.3 is 4.57 Å². The minimum absolute atomic E-state index is 0.0747. The predicted octanol–water partition coefficient (Wildman–Crippen LogP) is 0.513. The normalized spacial score (nSPS) is 12.3. The number of sulfonamides is 1. The standard InChI is InChI=1S/C8H15N3O2S/c1-7(2)11-5-4-10-8(11)6-14(12,13)9-3/h4-5,7,9H,6H2,1-3H3. The maximum Gasteiger partial charge on any atom is 0.218 e. The number of hydrogen-bond donors (Lipinski definition) is 1. The van der Waals surface area contributed by atoms with E-state index >= 15 is 0 Å². The molecule has 0 saturated heterocycles.